The van der Waals surface area contributed by atoms with E-state index in [1.165, 1.54) is 5.56 Å². The van der Waals surface area contributed by atoms with Crippen LogP contribution in [-0.4, -0.2) is 36.9 Å². The van der Waals surface area contributed by atoms with Crippen LogP contribution in [0.4, 0.5) is 5.82 Å². The summed E-state index contributed by atoms with van der Waals surface area (Å²) in [6, 6.07) is 20.6. The molecule has 4 heteroatoms. The maximum absolute atomic E-state index is 10.3. The van der Waals surface area contributed by atoms with E-state index in [-0.39, 0.29) is 12.0 Å². The number of pyridine rings is 1. The summed E-state index contributed by atoms with van der Waals surface area (Å²) in [5.74, 6) is 1.75. The number of ether oxygens (including phenoxy) is 1. The number of fused-ring (bicyclic) bond motifs is 1. The minimum absolute atomic E-state index is 0.128. The smallest absolute Gasteiger partial charge is 0.145 e. The summed E-state index contributed by atoms with van der Waals surface area (Å²) < 4.78 is 5.49. The van der Waals surface area contributed by atoms with Crippen LogP contribution in [0, 0.1) is 5.41 Å². The molecule has 4 nitrogen and oxygen atoms in total. The Morgan fingerprint density at radius 3 is 2.70 bits per heavy atom. The topological polar surface area (TPSA) is 45.6 Å². The largest absolute Gasteiger partial charge is 0.494 e. The zero-order valence-electron chi connectivity index (χ0n) is 15.8. The highest BCUT2D eigenvalue weighted by Crippen LogP contribution is 2.36. The van der Waals surface area contributed by atoms with Gasteiger partial charge < -0.3 is 14.7 Å². The second-order valence-corrected chi connectivity index (χ2v) is 7.55. The Labute approximate surface area is 160 Å². The average Bonchev–Trinajstić information content (AvgIpc) is 2.73. The van der Waals surface area contributed by atoms with Gasteiger partial charge in [-0.05, 0) is 43.0 Å². The maximum atomic E-state index is 10.3. The van der Waals surface area contributed by atoms with Crippen molar-refractivity contribution in [1.29, 1.82) is 0 Å². The standard InChI is InChI=1S/C23H26N2O2/c1-27-20-10-5-9-19-11-12-21(24-22(19)20)25-14-6-13-23(16-25,17-26)15-18-7-3-2-4-8-18/h2-5,7-12,26H,6,13-17H2,1H3/t23-/m1/s1. The minimum Gasteiger partial charge on any atom is -0.494 e. The Bertz CT molecular complexity index is 913. The summed E-state index contributed by atoms with van der Waals surface area (Å²) in [4.78, 5) is 7.21. The molecule has 3 aromatic rings. The molecular formula is C23H26N2O2. The van der Waals surface area contributed by atoms with E-state index in [0.717, 1.165) is 54.8 Å². The summed E-state index contributed by atoms with van der Waals surface area (Å²) in [6.07, 6.45) is 2.97. The fourth-order valence-electron chi connectivity index (χ4n) is 4.21. The SMILES string of the molecule is COc1cccc2ccc(N3CCC[C@@](CO)(Cc4ccccc4)C3)nc12. The molecule has 1 atom stereocenters. The number of piperidine rings is 1. The fraction of sp³-hybridized carbons (Fsp3) is 0.348. The first kappa shape index (κ1) is 17.8. The van der Waals surface area contributed by atoms with Crippen LogP contribution in [0.15, 0.2) is 60.7 Å². The van der Waals surface area contributed by atoms with Gasteiger partial charge in [-0.1, -0.05) is 42.5 Å². The van der Waals surface area contributed by atoms with Crippen molar-refractivity contribution in [3.8, 4) is 5.75 Å². The van der Waals surface area contributed by atoms with Gasteiger partial charge in [-0.25, -0.2) is 4.98 Å². The van der Waals surface area contributed by atoms with E-state index in [1.54, 1.807) is 7.11 Å². The molecule has 0 radical (unpaired) electrons. The van der Waals surface area contributed by atoms with E-state index in [9.17, 15) is 5.11 Å². The molecule has 0 aliphatic carbocycles. The van der Waals surface area contributed by atoms with Gasteiger partial charge in [0.1, 0.15) is 17.1 Å². The van der Waals surface area contributed by atoms with Gasteiger partial charge in [0.05, 0.1) is 13.7 Å². The number of benzene rings is 2. The highest BCUT2D eigenvalue weighted by molar-refractivity contribution is 5.86. The van der Waals surface area contributed by atoms with Crippen LogP contribution in [0.5, 0.6) is 5.75 Å². The molecule has 2 heterocycles. The van der Waals surface area contributed by atoms with Crippen LogP contribution in [0.3, 0.4) is 0 Å². The van der Waals surface area contributed by atoms with Crippen molar-refractivity contribution in [1.82, 2.24) is 4.98 Å². The molecule has 4 rings (SSSR count). The van der Waals surface area contributed by atoms with Crippen molar-refractivity contribution in [3.63, 3.8) is 0 Å². The lowest BCUT2D eigenvalue weighted by molar-refractivity contribution is 0.105. The first-order chi connectivity index (χ1) is 13.2. The molecular weight excluding hydrogens is 336 g/mol. The van der Waals surface area contributed by atoms with Gasteiger partial charge in [-0.15, -0.1) is 0 Å². The van der Waals surface area contributed by atoms with Crippen molar-refractivity contribution >= 4 is 16.7 Å². The Balaban J connectivity index is 1.63. The highest BCUT2D eigenvalue weighted by atomic mass is 16.5. The van der Waals surface area contributed by atoms with E-state index in [4.69, 9.17) is 9.72 Å². The van der Waals surface area contributed by atoms with Crippen molar-refractivity contribution < 1.29 is 9.84 Å². The average molecular weight is 362 g/mol. The molecule has 0 spiro atoms. The van der Waals surface area contributed by atoms with Crippen molar-refractivity contribution in [2.75, 3.05) is 31.7 Å². The van der Waals surface area contributed by atoms with Crippen LogP contribution in [0.1, 0.15) is 18.4 Å². The third-order valence-electron chi connectivity index (χ3n) is 5.63. The highest BCUT2D eigenvalue weighted by Gasteiger charge is 2.35. The van der Waals surface area contributed by atoms with Gasteiger partial charge in [0.25, 0.3) is 0 Å². The van der Waals surface area contributed by atoms with Crippen LogP contribution >= 0.6 is 0 Å². The molecule has 1 aliphatic rings. The van der Waals surface area contributed by atoms with Crippen LogP contribution in [0.25, 0.3) is 10.9 Å². The summed E-state index contributed by atoms with van der Waals surface area (Å²) >= 11 is 0. The normalized spacial score (nSPS) is 20.0. The number of para-hydroxylation sites is 1. The lowest BCUT2D eigenvalue weighted by Crippen LogP contribution is -2.47. The number of hydrogen-bond donors (Lipinski definition) is 1. The molecule has 0 amide bonds. The monoisotopic (exact) mass is 362 g/mol. The van der Waals surface area contributed by atoms with Gasteiger partial charge in [0.2, 0.25) is 0 Å². The quantitative estimate of drug-likeness (QED) is 0.743. The molecule has 1 saturated heterocycles. The molecule has 27 heavy (non-hydrogen) atoms. The Morgan fingerprint density at radius 1 is 1.07 bits per heavy atom. The zero-order valence-corrected chi connectivity index (χ0v) is 15.8. The molecule has 0 saturated carbocycles. The maximum Gasteiger partial charge on any atom is 0.145 e. The van der Waals surface area contributed by atoms with Crippen LogP contribution in [-0.2, 0) is 6.42 Å². The third-order valence-corrected chi connectivity index (χ3v) is 5.63. The van der Waals surface area contributed by atoms with Crippen molar-refractivity contribution in [2.45, 2.75) is 19.3 Å². The number of aromatic nitrogens is 1. The molecule has 2 aromatic carbocycles. The van der Waals surface area contributed by atoms with Gasteiger partial charge in [0, 0.05) is 23.9 Å². The fourth-order valence-corrected chi connectivity index (χ4v) is 4.21. The van der Waals surface area contributed by atoms with Crippen LogP contribution < -0.4 is 9.64 Å². The van der Waals surface area contributed by atoms with E-state index < -0.39 is 0 Å². The second-order valence-electron chi connectivity index (χ2n) is 7.55. The number of anilines is 1. The number of rotatable bonds is 5. The van der Waals surface area contributed by atoms with E-state index in [0.29, 0.717) is 0 Å². The Morgan fingerprint density at radius 2 is 1.93 bits per heavy atom. The number of hydrogen-bond acceptors (Lipinski definition) is 4. The third kappa shape index (κ3) is 3.62. The lowest BCUT2D eigenvalue weighted by atomic mass is 9.75. The number of aliphatic hydroxyl groups excluding tert-OH is 1. The number of nitrogens with zero attached hydrogens (tertiary/aromatic N) is 2. The zero-order chi connectivity index (χ0) is 18.7. The lowest BCUT2D eigenvalue weighted by Gasteiger charge is -2.42. The van der Waals surface area contributed by atoms with E-state index in [1.807, 2.05) is 18.2 Å². The number of methoxy groups -OCH3 is 1. The van der Waals surface area contributed by atoms with Gasteiger partial charge in [-0.2, -0.15) is 0 Å². The minimum atomic E-state index is -0.128. The first-order valence-electron chi connectivity index (χ1n) is 9.57. The van der Waals surface area contributed by atoms with Crippen LogP contribution in [0.2, 0.25) is 0 Å². The molecule has 140 valence electrons. The molecule has 1 aromatic heterocycles. The second kappa shape index (κ2) is 7.57. The molecule has 0 unspecified atom stereocenters. The molecule has 1 N–H and O–H groups in total. The van der Waals surface area contributed by atoms with E-state index in [2.05, 4.69) is 47.4 Å². The van der Waals surface area contributed by atoms with Gasteiger partial charge >= 0.3 is 0 Å². The summed E-state index contributed by atoms with van der Waals surface area (Å²) in [5, 5.41) is 11.3. The predicted molar refractivity (Wildman–Crippen MR) is 109 cm³/mol. The van der Waals surface area contributed by atoms with E-state index >= 15 is 0 Å². The molecule has 1 fully saturated rings. The van der Waals surface area contributed by atoms with Gasteiger partial charge in [-0.3, -0.25) is 0 Å². The molecule has 1 aliphatic heterocycles. The summed E-state index contributed by atoms with van der Waals surface area (Å²) in [5.41, 5.74) is 2.04. The predicted octanol–water partition coefficient (Wildman–Crippen LogP) is 4.07. The number of aliphatic hydroxyl groups is 1. The van der Waals surface area contributed by atoms with Crippen molar-refractivity contribution in [3.05, 3.63) is 66.2 Å². The summed E-state index contributed by atoms with van der Waals surface area (Å²) in [7, 11) is 1.68. The first-order valence-corrected chi connectivity index (χ1v) is 9.57. The molecule has 0 bridgehead atoms. The Kier molecular flexibility index (Phi) is 4.99. The van der Waals surface area contributed by atoms with Crippen molar-refractivity contribution in [2.24, 2.45) is 5.41 Å². The van der Waals surface area contributed by atoms with Gasteiger partial charge in [0.15, 0.2) is 0 Å². The Hall–Kier alpha value is -2.59. The summed E-state index contributed by atoms with van der Waals surface area (Å²) in [6.45, 7) is 1.96.